The lowest BCUT2D eigenvalue weighted by Gasteiger charge is -2.43. The minimum Gasteiger partial charge on any atom is -0.339 e. The van der Waals surface area contributed by atoms with E-state index >= 15 is 0 Å². The normalized spacial score (nSPS) is 23.4. The molecule has 0 radical (unpaired) electrons. The van der Waals surface area contributed by atoms with Crippen LogP contribution in [0.5, 0.6) is 0 Å². The highest BCUT2D eigenvalue weighted by molar-refractivity contribution is 5.81. The topological polar surface area (TPSA) is 52.8 Å². The summed E-state index contributed by atoms with van der Waals surface area (Å²) in [5, 5.41) is 0. The lowest BCUT2D eigenvalue weighted by Crippen LogP contribution is -2.56. The second-order valence-corrected chi connectivity index (χ2v) is 7.67. The van der Waals surface area contributed by atoms with Gasteiger partial charge in [-0.25, -0.2) is 0 Å². The lowest BCUT2D eigenvalue weighted by atomic mass is 10.0. The van der Waals surface area contributed by atoms with Gasteiger partial charge in [-0.2, -0.15) is 0 Å². The molecule has 5 heteroatoms. The molecule has 134 valence electrons. The molecule has 0 aromatic carbocycles. The molecule has 5 nitrogen and oxygen atoms in total. The Kier molecular flexibility index (Phi) is 7.31. The first-order valence-corrected chi connectivity index (χ1v) is 9.52. The highest BCUT2D eigenvalue weighted by atomic mass is 16.2. The number of carbonyl (C=O) groups is 1. The maximum Gasteiger partial charge on any atom is 0.239 e. The van der Waals surface area contributed by atoms with Crippen LogP contribution in [0.4, 0.5) is 0 Å². The molecule has 2 N–H and O–H groups in total. The quantitative estimate of drug-likeness (QED) is 0.802. The third-order valence-corrected chi connectivity index (χ3v) is 5.28. The van der Waals surface area contributed by atoms with Crippen LogP contribution in [0.25, 0.3) is 0 Å². The van der Waals surface area contributed by atoms with Crippen molar-refractivity contribution in [2.45, 2.75) is 58.5 Å². The smallest absolute Gasteiger partial charge is 0.239 e. The van der Waals surface area contributed by atoms with E-state index in [0.29, 0.717) is 12.0 Å². The number of hydrogen-bond acceptors (Lipinski definition) is 4. The Labute approximate surface area is 142 Å². The van der Waals surface area contributed by atoms with Gasteiger partial charge < -0.3 is 15.5 Å². The van der Waals surface area contributed by atoms with Crippen LogP contribution in [0.2, 0.25) is 0 Å². The van der Waals surface area contributed by atoms with Crippen LogP contribution in [-0.2, 0) is 4.79 Å². The summed E-state index contributed by atoms with van der Waals surface area (Å²) in [4.78, 5) is 19.6. The van der Waals surface area contributed by atoms with Crippen LogP contribution < -0.4 is 5.73 Å². The molecule has 0 saturated carbocycles. The lowest BCUT2D eigenvalue weighted by molar-refractivity contribution is -0.135. The van der Waals surface area contributed by atoms with Gasteiger partial charge in [-0.3, -0.25) is 9.69 Å². The Morgan fingerprint density at radius 3 is 2.22 bits per heavy atom. The molecule has 2 aliphatic heterocycles. The van der Waals surface area contributed by atoms with Crippen molar-refractivity contribution in [2.75, 3.05) is 45.8 Å². The van der Waals surface area contributed by atoms with Gasteiger partial charge in [0.15, 0.2) is 0 Å². The standard InChI is InChI=1S/C18H36N4O/c1-4-7-20-8-5-16(6-9-20)21-10-12-22(13-11-21)18(23)17(19)14-15(2)3/h15-17H,4-14,19H2,1-3H3/t17-/m0/s1. The number of piperidine rings is 1. The van der Waals surface area contributed by atoms with Crippen LogP contribution in [0.1, 0.15) is 46.5 Å². The molecule has 2 rings (SSSR count). The van der Waals surface area contributed by atoms with Gasteiger partial charge in [0.1, 0.15) is 0 Å². The van der Waals surface area contributed by atoms with Gasteiger partial charge in [-0.15, -0.1) is 0 Å². The fraction of sp³-hybridized carbons (Fsp3) is 0.944. The summed E-state index contributed by atoms with van der Waals surface area (Å²) in [6, 6.07) is 0.392. The number of rotatable bonds is 6. The Hall–Kier alpha value is -0.650. The zero-order valence-corrected chi connectivity index (χ0v) is 15.3. The number of amides is 1. The predicted molar refractivity (Wildman–Crippen MR) is 95.3 cm³/mol. The van der Waals surface area contributed by atoms with E-state index in [2.05, 4.69) is 30.6 Å². The molecule has 0 aromatic heterocycles. The molecule has 0 bridgehead atoms. The molecular formula is C18H36N4O. The van der Waals surface area contributed by atoms with Gasteiger partial charge in [0.05, 0.1) is 6.04 Å². The summed E-state index contributed by atoms with van der Waals surface area (Å²) in [5.41, 5.74) is 6.06. The molecule has 0 aromatic rings. The Morgan fingerprint density at radius 1 is 1.09 bits per heavy atom. The molecule has 2 saturated heterocycles. The summed E-state index contributed by atoms with van der Waals surface area (Å²) in [5.74, 6) is 0.625. The summed E-state index contributed by atoms with van der Waals surface area (Å²) >= 11 is 0. The van der Waals surface area contributed by atoms with E-state index < -0.39 is 0 Å². The Morgan fingerprint density at radius 2 is 1.70 bits per heavy atom. The number of hydrogen-bond donors (Lipinski definition) is 1. The molecule has 0 unspecified atom stereocenters. The van der Waals surface area contributed by atoms with Gasteiger partial charge in [0.25, 0.3) is 0 Å². The average Bonchev–Trinajstić information content (AvgIpc) is 2.55. The van der Waals surface area contributed by atoms with Crippen molar-refractivity contribution in [1.29, 1.82) is 0 Å². The van der Waals surface area contributed by atoms with Crippen molar-refractivity contribution in [2.24, 2.45) is 11.7 Å². The van der Waals surface area contributed by atoms with Gasteiger partial charge in [0.2, 0.25) is 5.91 Å². The number of piperazine rings is 1. The fourth-order valence-electron chi connectivity index (χ4n) is 3.97. The zero-order valence-electron chi connectivity index (χ0n) is 15.3. The molecule has 2 fully saturated rings. The molecule has 23 heavy (non-hydrogen) atoms. The van der Waals surface area contributed by atoms with E-state index in [1.54, 1.807) is 0 Å². The van der Waals surface area contributed by atoms with Crippen LogP contribution in [0.3, 0.4) is 0 Å². The predicted octanol–water partition coefficient (Wildman–Crippen LogP) is 1.38. The monoisotopic (exact) mass is 324 g/mol. The zero-order chi connectivity index (χ0) is 16.8. The maximum absolute atomic E-state index is 12.4. The second kappa shape index (κ2) is 9.00. The van der Waals surface area contributed by atoms with Crippen molar-refractivity contribution >= 4 is 5.91 Å². The van der Waals surface area contributed by atoms with Crippen molar-refractivity contribution in [1.82, 2.24) is 14.7 Å². The van der Waals surface area contributed by atoms with E-state index in [0.717, 1.165) is 32.6 Å². The minimum atomic E-state index is -0.321. The van der Waals surface area contributed by atoms with Gasteiger partial charge >= 0.3 is 0 Å². The van der Waals surface area contributed by atoms with Crippen LogP contribution in [-0.4, -0.2) is 78.5 Å². The summed E-state index contributed by atoms with van der Waals surface area (Å²) in [7, 11) is 0. The van der Waals surface area contributed by atoms with Gasteiger partial charge in [0, 0.05) is 32.2 Å². The van der Waals surface area contributed by atoms with Crippen LogP contribution in [0.15, 0.2) is 0 Å². The molecule has 0 aliphatic carbocycles. The Bertz CT molecular complexity index is 358. The molecule has 0 spiro atoms. The highest BCUT2D eigenvalue weighted by Crippen LogP contribution is 2.19. The largest absolute Gasteiger partial charge is 0.339 e. The first-order chi connectivity index (χ1) is 11.0. The van der Waals surface area contributed by atoms with E-state index in [-0.39, 0.29) is 11.9 Å². The van der Waals surface area contributed by atoms with Gasteiger partial charge in [-0.05, 0) is 51.2 Å². The number of carbonyl (C=O) groups excluding carboxylic acids is 1. The van der Waals surface area contributed by atoms with Crippen molar-refractivity contribution in [3.8, 4) is 0 Å². The van der Waals surface area contributed by atoms with Crippen LogP contribution in [0, 0.1) is 5.92 Å². The van der Waals surface area contributed by atoms with Crippen molar-refractivity contribution in [3.63, 3.8) is 0 Å². The summed E-state index contributed by atoms with van der Waals surface area (Å²) in [6.07, 6.45) is 4.60. The Balaban J connectivity index is 1.73. The number of nitrogens with two attached hydrogens (primary N) is 1. The van der Waals surface area contributed by atoms with Crippen molar-refractivity contribution < 1.29 is 4.79 Å². The number of nitrogens with zero attached hydrogens (tertiary/aromatic N) is 3. The maximum atomic E-state index is 12.4. The van der Waals surface area contributed by atoms with E-state index in [9.17, 15) is 4.79 Å². The van der Waals surface area contributed by atoms with Crippen molar-refractivity contribution in [3.05, 3.63) is 0 Å². The highest BCUT2D eigenvalue weighted by Gasteiger charge is 2.30. The average molecular weight is 325 g/mol. The van der Waals surface area contributed by atoms with Crippen LogP contribution >= 0.6 is 0 Å². The first kappa shape index (κ1) is 18.7. The molecule has 1 amide bonds. The third kappa shape index (κ3) is 5.44. The molecular weight excluding hydrogens is 288 g/mol. The molecule has 2 aliphatic rings. The SMILES string of the molecule is CCCN1CCC(N2CCN(C(=O)[C@@H](N)CC(C)C)CC2)CC1. The van der Waals surface area contributed by atoms with E-state index in [4.69, 9.17) is 5.73 Å². The fourth-order valence-corrected chi connectivity index (χ4v) is 3.97. The third-order valence-electron chi connectivity index (χ3n) is 5.28. The van der Waals surface area contributed by atoms with E-state index in [1.807, 2.05) is 4.90 Å². The molecule has 2 heterocycles. The second-order valence-electron chi connectivity index (χ2n) is 7.67. The van der Waals surface area contributed by atoms with E-state index in [1.165, 1.54) is 38.9 Å². The first-order valence-electron chi connectivity index (χ1n) is 9.52. The summed E-state index contributed by atoms with van der Waals surface area (Å²) in [6.45, 7) is 13.9. The minimum absolute atomic E-state index is 0.149. The van der Waals surface area contributed by atoms with Gasteiger partial charge in [-0.1, -0.05) is 20.8 Å². The molecule has 1 atom stereocenters. The number of likely N-dealkylation sites (tertiary alicyclic amines) is 1. The summed E-state index contributed by atoms with van der Waals surface area (Å²) < 4.78 is 0.